The number of hydrogen-bond acceptors (Lipinski definition) is 6. The first-order valence-electron chi connectivity index (χ1n) is 7.69. The molecule has 2 aliphatic rings. The molecule has 8 heteroatoms. The maximum Gasteiger partial charge on any atom is 0.239 e. The second kappa shape index (κ2) is 6.62. The molecule has 1 spiro atoms. The Morgan fingerprint density at radius 1 is 1.21 bits per heavy atom. The van der Waals surface area contributed by atoms with Crippen LogP contribution in [0.3, 0.4) is 0 Å². The second-order valence-corrected chi connectivity index (χ2v) is 7.56. The zero-order chi connectivity index (χ0) is 17.2. The van der Waals surface area contributed by atoms with Gasteiger partial charge in [0.15, 0.2) is 5.79 Å². The van der Waals surface area contributed by atoms with Crippen LogP contribution in [0.5, 0.6) is 11.5 Å². The van der Waals surface area contributed by atoms with Crippen molar-refractivity contribution in [3.05, 3.63) is 30.4 Å². The fourth-order valence-electron chi connectivity index (χ4n) is 2.86. The molecule has 1 saturated heterocycles. The summed E-state index contributed by atoms with van der Waals surface area (Å²) in [6.45, 7) is 1.06. The number of ether oxygens (including phenoxy) is 4. The molecule has 0 amide bonds. The Hall–Kier alpha value is -1.77. The summed E-state index contributed by atoms with van der Waals surface area (Å²) >= 11 is 0. The summed E-state index contributed by atoms with van der Waals surface area (Å²) in [5.41, 5.74) is 0.375. The Morgan fingerprint density at radius 2 is 1.96 bits per heavy atom. The van der Waals surface area contributed by atoms with Crippen LogP contribution in [0.15, 0.2) is 30.4 Å². The molecule has 0 bridgehead atoms. The van der Waals surface area contributed by atoms with Crippen molar-refractivity contribution in [3.63, 3.8) is 0 Å². The maximum absolute atomic E-state index is 12.7. The van der Waals surface area contributed by atoms with Crippen LogP contribution in [0.1, 0.15) is 12.8 Å². The third-order valence-electron chi connectivity index (χ3n) is 4.18. The highest BCUT2D eigenvalue weighted by atomic mass is 32.2. The van der Waals surface area contributed by atoms with Gasteiger partial charge in [0.2, 0.25) is 10.0 Å². The average Bonchev–Trinajstić information content (AvgIpc) is 3.03. The largest absolute Gasteiger partial charge is 0.497 e. The van der Waals surface area contributed by atoms with Gasteiger partial charge in [-0.05, 0) is 24.6 Å². The molecule has 1 unspecified atom stereocenters. The Balaban J connectivity index is 1.77. The van der Waals surface area contributed by atoms with Crippen LogP contribution in [-0.2, 0) is 19.5 Å². The fraction of sp³-hybridized carbons (Fsp3) is 0.500. The number of rotatable bonds is 5. The predicted octanol–water partition coefficient (Wildman–Crippen LogP) is 1.91. The molecule has 3 rings (SSSR count). The number of hydrogen-bond donors (Lipinski definition) is 1. The number of benzene rings is 1. The zero-order valence-electron chi connectivity index (χ0n) is 13.7. The van der Waals surface area contributed by atoms with Gasteiger partial charge in [-0.2, -0.15) is 0 Å². The quantitative estimate of drug-likeness (QED) is 0.813. The standard InChI is InChI=1S/C16H21NO6S/c1-20-12-3-4-14(15(11-12)21-2)17-24(18,19)13-5-7-16(8-6-13)22-9-10-23-16/h3-5,7,11,13,17H,6,8-10H2,1-2H3. The first-order valence-corrected chi connectivity index (χ1v) is 9.24. The van der Waals surface area contributed by atoms with Crippen molar-refractivity contribution in [2.45, 2.75) is 23.9 Å². The minimum atomic E-state index is -3.60. The Morgan fingerprint density at radius 3 is 2.54 bits per heavy atom. The van der Waals surface area contributed by atoms with Gasteiger partial charge in [-0.1, -0.05) is 6.08 Å². The van der Waals surface area contributed by atoms with E-state index in [-0.39, 0.29) is 0 Å². The van der Waals surface area contributed by atoms with Crippen molar-refractivity contribution in [2.24, 2.45) is 0 Å². The number of sulfonamides is 1. The molecule has 1 aromatic carbocycles. The molecule has 132 valence electrons. The summed E-state index contributed by atoms with van der Waals surface area (Å²) in [6, 6.07) is 4.92. The minimum absolute atomic E-state index is 0.375. The van der Waals surface area contributed by atoms with Gasteiger partial charge in [0, 0.05) is 12.5 Å². The lowest BCUT2D eigenvalue weighted by Crippen LogP contribution is -2.36. The summed E-state index contributed by atoms with van der Waals surface area (Å²) in [7, 11) is -0.590. The van der Waals surface area contributed by atoms with Crippen molar-refractivity contribution in [1.29, 1.82) is 0 Å². The van der Waals surface area contributed by atoms with Crippen LogP contribution in [0.25, 0.3) is 0 Å². The second-order valence-electron chi connectivity index (χ2n) is 5.66. The van der Waals surface area contributed by atoms with Gasteiger partial charge in [0.05, 0.1) is 38.4 Å². The Labute approximate surface area is 141 Å². The van der Waals surface area contributed by atoms with Gasteiger partial charge in [0.25, 0.3) is 0 Å². The smallest absolute Gasteiger partial charge is 0.239 e. The van der Waals surface area contributed by atoms with E-state index in [2.05, 4.69) is 4.72 Å². The number of anilines is 1. The van der Waals surface area contributed by atoms with Crippen molar-refractivity contribution in [1.82, 2.24) is 0 Å². The van der Waals surface area contributed by atoms with Crippen LogP contribution < -0.4 is 14.2 Å². The number of methoxy groups -OCH3 is 2. The van der Waals surface area contributed by atoms with Crippen molar-refractivity contribution in [3.8, 4) is 11.5 Å². The first kappa shape index (κ1) is 17.1. The van der Waals surface area contributed by atoms with Gasteiger partial charge >= 0.3 is 0 Å². The molecule has 1 aromatic rings. The molecule has 1 aliphatic carbocycles. The first-order chi connectivity index (χ1) is 11.5. The molecule has 7 nitrogen and oxygen atoms in total. The lowest BCUT2D eigenvalue weighted by molar-refractivity contribution is -0.124. The topological polar surface area (TPSA) is 83.1 Å². The van der Waals surface area contributed by atoms with Crippen molar-refractivity contribution in [2.75, 3.05) is 32.2 Å². The molecule has 1 atom stereocenters. The third kappa shape index (κ3) is 3.35. The highest BCUT2D eigenvalue weighted by Gasteiger charge is 2.39. The maximum atomic E-state index is 12.7. The summed E-state index contributed by atoms with van der Waals surface area (Å²) in [6.07, 6.45) is 4.27. The van der Waals surface area contributed by atoms with E-state index >= 15 is 0 Å². The molecule has 1 N–H and O–H groups in total. The van der Waals surface area contributed by atoms with E-state index in [0.717, 1.165) is 0 Å². The number of nitrogens with one attached hydrogen (secondary N) is 1. The Bertz CT molecular complexity index is 724. The van der Waals surface area contributed by atoms with Crippen molar-refractivity contribution >= 4 is 15.7 Å². The van der Waals surface area contributed by atoms with Gasteiger partial charge < -0.3 is 18.9 Å². The summed E-state index contributed by atoms with van der Waals surface area (Å²) in [5.74, 6) is 0.241. The Kier molecular flexibility index (Phi) is 4.71. The normalized spacial score (nSPS) is 22.5. The highest BCUT2D eigenvalue weighted by Crippen LogP contribution is 2.35. The zero-order valence-corrected chi connectivity index (χ0v) is 14.5. The summed E-state index contributed by atoms with van der Waals surface area (Å²) in [4.78, 5) is 0. The van der Waals surface area contributed by atoms with Gasteiger partial charge in [-0.3, -0.25) is 4.72 Å². The summed E-state index contributed by atoms with van der Waals surface area (Å²) in [5, 5.41) is -0.650. The molecule has 1 heterocycles. The van der Waals surface area contributed by atoms with Crippen LogP contribution in [0.2, 0.25) is 0 Å². The van der Waals surface area contributed by atoms with Crippen LogP contribution in [0.4, 0.5) is 5.69 Å². The van der Waals surface area contributed by atoms with E-state index in [0.29, 0.717) is 43.2 Å². The molecule has 24 heavy (non-hydrogen) atoms. The summed E-state index contributed by atoms with van der Waals surface area (Å²) < 4.78 is 49.4. The van der Waals surface area contributed by atoms with Gasteiger partial charge in [0.1, 0.15) is 11.5 Å². The van der Waals surface area contributed by atoms with Crippen LogP contribution in [-0.4, -0.2) is 46.9 Å². The van der Waals surface area contributed by atoms with E-state index in [9.17, 15) is 8.42 Å². The monoisotopic (exact) mass is 355 g/mol. The van der Waals surface area contributed by atoms with Gasteiger partial charge in [-0.25, -0.2) is 8.42 Å². The molecular formula is C16H21NO6S. The van der Waals surface area contributed by atoms with E-state index in [4.69, 9.17) is 18.9 Å². The highest BCUT2D eigenvalue weighted by molar-refractivity contribution is 7.93. The molecule has 1 aliphatic heterocycles. The molecule has 0 saturated carbocycles. The minimum Gasteiger partial charge on any atom is -0.497 e. The molecule has 0 radical (unpaired) electrons. The third-order valence-corrected chi connectivity index (χ3v) is 5.87. The average molecular weight is 355 g/mol. The van der Waals surface area contributed by atoms with Crippen LogP contribution in [0, 0.1) is 0 Å². The van der Waals surface area contributed by atoms with E-state index in [1.165, 1.54) is 14.2 Å². The van der Waals surface area contributed by atoms with E-state index < -0.39 is 21.1 Å². The van der Waals surface area contributed by atoms with Crippen molar-refractivity contribution < 1.29 is 27.4 Å². The molecule has 0 aromatic heterocycles. The van der Waals surface area contributed by atoms with E-state index in [1.54, 1.807) is 30.4 Å². The predicted molar refractivity (Wildman–Crippen MR) is 88.9 cm³/mol. The van der Waals surface area contributed by atoms with E-state index in [1.807, 2.05) is 0 Å². The SMILES string of the molecule is COc1ccc(NS(=O)(=O)C2C=CC3(CC2)OCCO3)c(OC)c1. The molecular weight excluding hydrogens is 334 g/mol. The lowest BCUT2D eigenvalue weighted by Gasteiger charge is -2.30. The molecule has 1 fully saturated rings. The van der Waals surface area contributed by atoms with Crippen LogP contribution >= 0.6 is 0 Å². The fourth-order valence-corrected chi connectivity index (χ4v) is 4.20. The lowest BCUT2D eigenvalue weighted by atomic mass is 10.0. The van der Waals surface area contributed by atoms with Gasteiger partial charge in [-0.15, -0.1) is 0 Å².